The first-order valence-corrected chi connectivity index (χ1v) is 9.38. The molecular weight excluding hydrogens is 334 g/mol. The van der Waals surface area contributed by atoms with Gasteiger partial charge in [0, 0.05) is 30.4 Å². The van der Waals surface area contributed by atoms with Gasteiger partial charge in [-0.1, -0.05) is 0 Å². The number of piperidine rings is 1. The highest BCUT2D eigenvalue weighted by Crippen LogP contribution is 2.35. The summed E-state index contributed by atoms with van der Waals surface area (Å²) < 4.78 is 5.76. The second-order valence-corrected chi connectivity index (χ2v) is 7.65. The number of fused-ring (bicyclic) bond motifs is 1. The fraction of sp³-hybridized carbons (Fsp3) is 0.444. The quantitative estimate of drug-likeness (QED) is 0.715. The standard InChI is InChI=1S/C18H21N5OS/c1-12-13(2)25-18-16(12)17(21-11-22-18)23-7-3-14(4-8-23)10-24-15-9-19-5-6-20-15/h5-6,9,11,14H,3-4,7-8,10H2,1-2H3. The molecule has 0 saturated carbocycles. The van der Waals surface area contributed by atoms with Crippen LogP contribution in [0, 0.1) is 19.8 Å². The molecule has 1 fully saturated rings. The van der Waals surface area contributed by atoms with E-state index in [-0.39, 0.29) is 0 Å². The van der Waals surface area contributed by atoms with Crippen molar-refractivity contribution in [2.24, 2.45) is 5.92 Å². The van der Waals surface area contributed by atoms with E-state index in [0.29, 0.717) is 18.4 Å². The second kappa shape index (κ2) is 6.92. The summed E-state index contributed by atoms with van der Waals surface area (Å²) in [6.07, 6.45) is 8.85. The van der Waals surface area contributed by atoms with Crippen LogP contribution in [-0.4, -0.2) is 39.6 Å². The maximum absolute atomic E-state index is 5.76. The smallest absolute Gasteiger partial charge is 0.232 e. The van der Waals surface area contributed by atoms with Crippen LogP contribution in [0.5, 0.6) is 5.88 Å². The summed E-state index contributed by atoms with van der Waals surface area (Å²) in [5.41, 5.74) is 1.31. The van der Waals surface area contributed by atoms with E-state index in [0.717, 1.165) is 36.6 Å². The van der Waals surface area contributed by atoms with E-state index >= 15 is 0 Å². The van der Waals surface area contributed by atoms with Crippen LogP contribution in [0.15, 0.2) is 24.9 Å². The van der Waals surface area contributed by atoms with Gasteiger partial charge in [-0.15, -0.1) is 11.3 Å². The molecule has 0 atom stereocenters. The van der Waals surface area contributed by atoms with Crippen LogP contribution in [0.25, 0.3) is 10.2 Å². The summed E-state index contributed by atoms with van der Waals surface area (Å²) in [5, 5.41) is 1.22. The van der Waals surface area contributed by atoms with Gasteiger partial charge in [0.2, 0.25) is 5.88 Å². The summed E-state index contributed by atoms with van der Waals surface area (Å²) in [7, 11) is 0. The first kappa shape index (κ1) is 16.2. The summed E-state index contributed by atoms with van der Waals surface area (Å²) in [5.74, 6) is 2.23. The first-order valence-electron chi connectivity index (χ1n) is 8.57. The molecule has 1 aliphatic heterocycles. The Morgan fingerprint density at radius 1 is 1.16 bits per heavy atom. The van der Waals surface area contributed by atoms with Crippen LogP contribution < -0.4 is 9.64 Å². The van der Waals surface area contributed by atoms with Gasteiger partial charge in [0.1, 0.15) is 17.0 Å². The molecule has 7 heteroatoms. The predicted octanol–water partition coefficient (Wildman–Crippen LogP) is 3.39. The highest BCUT2D eigenvalue weighted by atomic mass is 32.1. The van der Waals surface area contributed by atoms with E-state index in [1.165, 1.54) is 15.8 Å². The van der Waals surface area contributed by atoms with Crippen LogP contribution >= 0.6 is 11.3 Å². The van der Waals surface area contributed by atoms with Gasteiger partial charge < -0.3 is 9.64 Å². The van der Waals surface area contributed by atoms with Crippen molar-refractivity contribution in [1.29, 1.82) is 0 Å². The van der Waals surface area contributed by atoms with Crippen molar-refractivity contribution in [1.82, 2.24) is 19.9 Å². The van der Waals surface area contributed by atoms with Crippen LogP contribution in [-0.2, 0) is 0 Å². The average molecular weight is 355 g/mol. The van der Waals surface area contributed by atoms with Gasteiger partial charge in [0.25, 0.3) is 0 Å². The molecule has 0 spiro atoms. The fourth-order valence-electron chi connectivity index (χ4n) is 3.28. The topological polar surface area (TPSA) is 64.0 Å². The maximum Gasteiger partial charge on any atom is 0.232 e. The molecule has 130 valence electrons. The molecule has 0 amide bonds. The van der Waals surface area contributed by atoms with E-state index in [1.54, 1.807) is 36.3 Å². The van der Waals surface area contributed by atoms with Crippen molar-refractivity contribution in [3.63, 3.8) is 0 Å². The number of anilines is 1. The van der Waals surface area contributed by atoms with Gasteiger partial charge in [-0.2, -0.15) is 0 Å². The van der Waals surface area contributed by atoms with Gasteiger partial charge in [0.05, 0.1) is 18.2 Å². The van der Waals surface area contributed by atoms with Crippen molar-refractivity contribution in [2.75, 3.05) is 24.6 Å². The molecule has 0 bridgehead atoms. The minimum Gasteiger partial charge on any atom is -0.476 e. The molecule has 0 radical (unpaired) electrons. The third kappa shape index (κ3) is 3.28. The number of thiophene rings is 1. The Bertz CT molecular complexity index is 859. The lowest BCUT2D eigenvalue weighted by Gasteiger charge is -2.33. The van der Waals surface area contributed by atoms with Gasteiger partial charge in [-0.05, 0) is 38.2 Å². The maximum atomic E-state index is 5.76. The van der Waals surface area contributed by atoms with Crippen LogP contribution in [0.4, 0.5) is 5.82 Å². The van der Waals surface area contributed by atoms with E-state index < -0.39 is 0 Å². The Morgan fingerprint density at radius 3 is 2.76 bits per heavy atom. The van der Waals surface area contributed by atoms with Crippen molar-refractivity contribution in [3.05, 3.63) is 35.4 Å². The zero-order valence-electron chi connectivity index (χ0n) is 14.5. The van der Waals surface area contributed by atoms with Crippen LogP contribution in [0.2, 0.25) is 0 Å². The zero-order valence-corrected chi connectivity index (χ0v) is 15.3. The number of hydrogen-bond acceptors (Lipinski definition) is 7. The number of aromatic nitrogens is 4. The van der Waals surface area contributed by atoms with Crippen molar-refractivity contribution in [2.45, 2.75) is 26.7 Å². The number of ether oxygens (including phenoxy) is 1. The summed E-state index contributed by atoms with van der Waals surface area (Å²) >= 11 is 1.75. The molecule has 0 aliphatic carbocycles. The van der Waals surface area contributed by atoms with Crippen molar-refractivity contribution >= 4 is 27.4 Å². The van der Waals surface area contributed by atoms with Gasteiger partial charge in [-0.3, -0.25) is 4.98 Å². The number of rotatable bonds is 4. The summed E-state index contributed by atoms with van der Waals surface area (Å²) in [6, 6.07) is 0. The van der Waals surface area contributed by atoms with Gasteiger partial charge in [0.15, 0.2) is 0 Å². The average Bonchev–Trinajstić information content (AvgIpc) is 2.96. The minimum absolute atomic E-state index is 0.542. The zero-order chi connectivity index (χ0) is 17.2. The predicted molar refractivity (Wildman–Crippen MR) is 99.4 cm³/mol. The molecule has 4 heterocycles. The lowest BCUT2D eigenvalue weighted by atomic mass is 9.97. The molecule has 6 nitrogen and oxygen atoms in total. The Morgan fingerprint density at radius 2 is 2.00 bits per heavy atom. The largest absolute Gasteiger partial charge is 0.476 e. The third-order valence-corrected chi connectivity index (χ3v) is 5.98. The van der Waals surface area contributed by atoms with Gasteiger partial charge >= 0.3 is 0 Å². The van der Waals surface area contributed by atoms with E-state index in [2.05, 4.69) is 38.7 Å². The number of hydrogen-bond donors (Lipinski definition) is 0. The lowest BCUT2D eigenvalue weighted by Crippen LogP contribution is -2.36. The molecule has 0 aromatic carbocycles. The minimum atomic E-state index is 0.542. The Balaban J connectivity index is 1.42. The summed E-state index contributed by atoms with van der Waals surface area (Å²) in [4.78, 5) is 22.0. The molecule has 0 N–H and O–H groups in total. The third-order valence-electron chi connectivity index (χ3n) is 4.87. The van der Waals surface area contributed by atoms with Crippen molar-refractivity contribution < 1.29 is 4.74 Å². The molecular formula is C18H21N5OS. The van der Waals surface area contributed by atoms with E-state index in [9.17, 15) is 0 Å². The molecule has 4 rings (SSSR count). The first-order chi connectivity index (χ1) is 12.2. The molecule has 0 unspecified atom stereocenters. The highest BCUT2D eigenvalue weighted by molar-refractivity contribution is 7.18. The SMILES string of the molecule is Cc1sc2ncnc(N3CCC(COc4cnccn4)CC3)c2c1C. The fourth-order valence-corrected chi connectivity index (χ4v) is 4.27. The highest BCUT2D eigenvalue weighted by Gasteiger charge is 2.23. The Hall–Kier alpha value is -2.28. The van der Waals surface area contributed by atoms with Crippen LogP contribution in [0.1, 0.15) is 23.3 Å². The van der Waals surface area contributed by atoms with Crippen LogP contribution in [0.3, 0.4) is 0 Å². The van der Waals surface area contributed by atoms with E-state index in [1.807, 2.05) is 0 Å². The molecule has 1 aliphatic rings. The number of aryl methyl sites for hydroxylation is 2. The normalized spacial score (nSPS) is 15.7. The summed E-state index contributed by atoms with van der Waals surface area (Å²) in [6.45, 7) is 7.01. The number of nitrogens with zero attached hydrogens (tertiary/aromatic N) is 5. The monoisotopic (exact) mass is 355 g/mol. The van der Waals surface area contributed by atoms with E-state index in [4.69, 9.17) is 4.74 Å². The van der Waals surface area contributed by atoms with Gasteiger partial charge in [-0.25, -0.2) is 15.0 Å². The molecule has 1 saturated heterocycles. The molecule has 3 aromatic heterocycles. The molecule has 3 aromatic rings. The Labute approximate surface area is 150 Å². The Kier molecular flexibility index (Phi) is 4.48. The second-order valence-electron chi connectivity index (χ2n) is 6.45. The molecule has 25 heavy (non-hydrogen) atoms. The lowest BCUT2D eigenvalue weighted by molar-refractivity contribution is 0.215. The van der Waals surface area contributed by atoms with Crippen molar-refractivity contribution in [3.8, 4) is 5.88 Å².